The van der Waals surface area contributed by atoms with Crippen molar-refractivity contribution in [3.8, 4) is 0 Å². The number of aliphatic hydroxyl groups excluding tert-OH is 1. The standard InChI is InChI=1S/C15H20N2O4/c1-11(18)13-7-4-5-9-16(13)15(19)10-12-6-2-3-8-14(12)17(20)21/h2-3,6,8,11,13,18H,4-5,7,9-10H2,1H3/t11-,13-/m1/s1. The number of aliphatic hydroxyl groups is 1. The van der Waals surface area contributed by atoms with Gasteiger partial charge in [-0.2, -0.15) is 0 Å². The van der Waals surface area contributed by atoms with Gasteiger partial charge in [0.2, 0.25) is 5.91 Å². The summed E-state index contributed by atoms with van der Waals surface area (Å²) in [6.45, 7) is 2.29. The van der Waals surface area contributed by atoms with Gasteiger partial charge in [0.1, 0.15) is 0 Å². The average molecular weight is 292 g/mol. The Bertz CT molecular complexity index is 530. The number of nitro groups is 1. The van der Waals surface area contributed by atoms with Crippen LogP contribution in [0.2, 0.25) is 0 Å². The van der Waals surface area contributed by atoms with Crippen LogP contribution in [0.25, 0.3) is 0 Å². The van der Waals surface area contributed by atoms with Gasteiger partial charge < -0.3 is 10.0 Å². The molecule has 0 saturated carbocycles. The summed E-state index contributed by atoms with van der Waals surface area (Å²) in [6.07, 6.45) is 2.09. The lowest BCUT2D eigenvalue weighted by Gasteiger charge is -2.37. The lowest BCUT2D eigenvalue weighted by atomic mass is 9.97. The van der Waals surface area contributed by atoms with E-state index in [0.717, 1.165) is 19.3 Å². The topological polar surface area (TPSA) is 83.7 Å². The molecule has 1 aromatic rings. The molecule has 0 radical (unpaired) electrons. The first-order valence-electron chi connectivity index (χ1n) is 7.20. The Labute approximate surface area is 123 Å². The molecule has 1 N–H and O–H groups in total. The van der Waals surface area contributed by atoms with Crippen LogP contribution < -0.4 is 0 Å². The Kier molecular flexibility index (Phi) is 4.90. The largest absolute Gasteiger partial charge is 0.391 e. The number of carbonyl (C=O) groups is 1. The van der Waals surface area contributed by atoms with E-state index in [0.29, 0.717) is 12.1 Å². The quantitative estimate of drug-likeness (QED) is 0.678. The third kappa shape index (κ3) is 3.58. The molecule has 6 heteroatoms. The Hall–Kier alpha value is -1.95. The molecule has 0 spiro atoms. The molecule has 1 saturated heterocycles. The number of amides is 1. The SMILES string of the molecule is C[C@@H](O)[C@H]1CCCCN1C(=O)Cc1ccccc1[N+](=O)[O-]. The molecule has 1 aromatic carbocycles. The van der Waals surface area contributed by atoms with E-state index in [-0.39, 0.29) is 24.1 Å². The van der Waals surface area contributed by atoms with Crippen LogP contribution in [0.5, 0.6) is 0 Å². The molecule has 0 aliphatic carbocycles. The summed E-state index contributed by atoms with van der Waals surface area (Å²) in [5, 5.41) is 20.8. The van der Waals surface area contributed by atoms with Gasteiger partial charge >= 0.3 is 0 Å². The molecule has 0 bridgehead atoms. The molecule has 0 unspecified atom stereocenters. The van der Waals surface area contributed by atoms with Crippen molar-refractivity contribution in [2.75, 3.05) is 6.54 Å². The monoisotopic (exact) mass is 292 g/mol. The molecular weight excluding hydrogens is 272 g/mol. The summed E-state index contributed by atoms with van der Waals surface area (Å²) in [6, 6.07) is 6.11. The molecule has 2 atom stereocenters. The first-order valence-corrected chi connectivity index (χ1v) is 7.20. The minimum absolute atomic E-state index is 0.000370. The summed E-state index contributed by atoms with van der Waals surface area (Å²) in [5.41, 5.74) is 0.388. The van der Waals surface area contributed by atoms with Crippen molar-refractivity contribution in [2.24, 2.45) is 0 Å². The number of hydrogen-bond donors (Lipinski definition) is 1. The number of piperidine rings is 1. The molecule has 6 nitrogen and oxygen atoms in total. The van der Waals surface area contributed by atoms with Crippen LogP contribution in [-0.2, 0) is 11.2 Å². The van der Waals surface area contributed by atoms with E-state index < -0.39 is 11.0 Å². The van der Waals surface area contributed by atoms with Crippen LogP contribution in [-0.4, -0.2) is 39.5 Å². The fourth-order valence-corrected chi connectivity index (χ4v) is 2.87. The van der Waals surface area contributed by atoms with Crippen LogP contribution in [0.1, 0.15) is 31.7 Å². The second-order valence-corrected chi connectivity index (χ2v) is 5.45. The van der Waals surface area contributed by atoms with E-state index in [9.17, 15) is 20.0 Å². The van der Waals surface area contributed by atoms with Crippen molar-refractivity contribution in [3.05, 3.63) is 39.9 Å². The number of nitrogens with zero attached hydrogens (tertiary/aromatic N) is 2. The van der Waals surface area contributed by atoms with Crippen molar-refractivity contribution < 1.29 is 14.8 Å². The van der Waals surface area contributed by atoms with Gasteiger partial charge in [0.15, 0.2) is 0 Å². The second-order valence-electron chi connectivity index (χ2n) is 5.45. The van der Waals surface area contributed by atoms with Gasteiger partial charge in [0.25, 0.3) is 5.69 Å². The fraction of sp³-hybridized carbons (Fsp3) is 0.533. The van der Waals surface area contributed by atoms with Crippen LogP contribution in [0.3, 0.4) is 0 Å². The predicted octanol–water partition coefficient (Wildman–Crippen LogP) is 1.90. The van der Waals surface area contributed by atoms with E-state index in [1.807, 2.05) is 0 Å². The maximum absolute atomic E-state index is 12.4. The van der Waals surface area contributed by atoms with Crippen molar-refractivity contribution in [3.63, 3.8) is 0 Å². The van der Waals surface area contributed by atoms with Gasteiger partial charge in [-0.25, -0.2) is 0 Å². The molecule has 21 heavy (non-hydrogen) atoms. The summed E-state index contributed by atoms with van der Waals surface area (Å²) in [5.74, 6) is -0.157. The number of para-hydroxylation sites is 1. The zero-order valence-corrected chi connectivity index (χ0v) is 12.1. The molecule has 1 fully saturated rings. The summed E-state index contributed by atoms with van der Waals surface area (Å²) in [7, 11) is 0. The molecule has 1 heterocycles. The molecule has 1 aliphatic heterocycles. The molecule has 1 amide bonds. The predicted molar refractivity (Wildman–Crippen MR) is 77.8 cm³/mol. The third-order valence-electron chi connectivity index (χ3n) is 3.96. The fourth-order valence-electron chi connectivity index (χ4n) is 2.87. The molecular formula is C15H20N2O4. The second kappa shape index (κ2) is 6.67. The summed E-state index contributed by atoms with van der Waals surface area (Å²) >= 11 is 0. The normalized spacial score (nSPS) is 20.1. The molecule has 2 rings (SSSR count). The number of likely N-dealkylation sites (tertiary alicyclic amines) is 1. The van der Waals surface area contributed by atoms with E-state index in [2.05, 4.69) is 0 Å². The number of benzene rings is 1. The maximum Gasteiger partial charge on any atom is 0.273 e. The highest BCUT2D eigenvalue weighted by molar-refractivity contribution is 5.80. The molecule has 0 aromatic heterocycles. The maximum atomic E-state index is 12.4. The van der Waals surface area contributed by atoms with Gasteiger partial charge in [0, 0.05) is 18.2 Å². The van der Waals surface area contributed by atoms with E-state index in [4.69, 9.17) is 0 Å². The Morgan fingerprint density at radius 1 is 1.48 bits per heavy atom. The van der Waals surface area contributed by atoms with E-state index >= 15 is 0 Å². The summed E-state index contributed by atoms with van der Waals surface area (Å²) in [4.78, 5) is 24.6. The lowest BCUT2D eigenvalue weighted by molar-refractivity contribution is -0.385. The highest BCUT2D eigenvalue weighted by atomic mass is 16.6. The highest BCUT2D eigenvalue weighted by Crippen LogP contribution is 2.23. The van der Waals surface area contributed by atoms with E-state index in [1.165, 1.54) is 6.07 Å². The summed E-state index contributed by atoms with van der Waals surface area (Å²) < 4.78 is 0. The van der Waals surface area contributed by atoms with Crippen molar-refractivity contribution >= 4 is 11.6 Å². The van der Waals surface area contributed by atoms with Gasteiger partial charge in [-0.15, -0.1) is 0 Å². The lowest BCUT2D eigenvalue weighted by Crippen LogP contribution is -2.49. The van der Waals surface area contributed by atoms with Crippen molar-refractivity contribution in [2.45, 2.75) is 44.8 Å². The van der Waals surface area contributed by atoms with Crippen LogP contribution >= 0.6 is 0 Å². The molecule has 1 aliphatic rings. The highest BCUT2D eigenvalue weighted by Gasteiger charge is 2.30. The van der Waals surface area contributed by atoms with Crippen LogP contribution in [0, 0.1) is 10.1 Å². The number of rotatable bonds is 4. The number of carbonyl (C=O) groups excluding carboxylic acids is 1. The zero-order chi connectivity index (χ0) is 15.4. The average Bonchev–Trinajstić information content (AvgIpc) is 2.47. The Morgan fingerprint density at radius 2 is 2.19 bits per heavy atom. The van der Waals surface area contributed by atoms with Gasteiger partial charge in [-0.3, -0.25) is 14.9 Å². The zero-order valence-electron chi connectivity index (χ0n) is 12.1. The van der Waals surface area contributed by atoms with Gasteiger partial charge in [-0.05, 0) is 26.2 Å². The molecule has 114 valence electrons. The third-order valence-corrected chi connectivity index (χ3v) is 3.96. The number of hydrogen-bond acceptors (Lipinski definition) is 4. The van der Waals surface area contributed by atoms with Gasteiger partial charge in [0.05, 0.1) is 23.5 Å². The van der Waals surface area contributed by atoms with E-state index in [1.54, 1.807) is 30.0 Å². The van der Waals surface area contributed by atoms with Crippen molar-refractivity contribution in [1.29, 1.82) is 0 Å². The van der Waals surface area contributed by atoms with Crippen LogP contribution in [0.4, 0.5) is 5.69 Å². The Balaban J connectivity index is 2.15. The van der Waals surface area contributed by atoms with Crippen molar-refractivity contribution in [1.82, 2.24) is 4.90 Å². The number of nitro benzene ring substituents is 1. The minimum atomic E-state index is -0.583. The first kappa shape index (κ1) is 15.4. The minimum Gasteiger partial charge on any atom is -0.391 e. The Morgan fingerprint density at radius 3 is 2.86 bits per heavy atom. The van der Waals surface area contributed by atoms with Gasteiger partial charge in [-0.1, -0.05) is 18.2 Å². The smallest absolute Gasteiger partial charge is 0.273 e. The van der Waals surface area contributed by atoms with Crippen LogP contribution in [0.15, 0.2) is 24.3 Å². The first-order chi connectivity index (χ1) is 10.0.